The number of rotatable bonds is 6. The maximum Gasteiger partial charge on any atom is 0.263 e. The quantitative estimate of drug-likeness (QED) is 0.858. The third-order valence-corrected chi connectivity index (χ3v) is 4.11. The van der Waals surface area contributed by atoms with Crippen LogP contribution in [0.2, 0.25) is 0 Å². The number of aryl methyl sites for hydroxylation is 1. The van der Waals surface area contributed by atoms with Gasteiger partial charge < -0.3 is 15.4 Å². The van der Waals surface area contributed by atoms with Crippen LogP contribution in [-0.4, -0.2) is 24.0 Å². The molecule has 1 amide bonds. The summed E-state index contributed by atoms with van der Waals surface area (Å²) in [5.41, 5.74) is 1.78. The van der Waals surface area contributed by atoms with E-state index in [1.165, 1.54) is 11.3 Å². The van der Waals surface area contributed by atoms with Crippen LogP contribution in [0.25, 0.3) is 0 Å². The first-order valence-corrected chi connectivity index (χ1v) is 7.96. The topological polar surface area (TPSA) is 63.2 Å². The van der Waals surface area contributed by atoms with E-state index in [9.17, 15) is 4.79 Å². The zero-order chi connectivity index (χ0) is 16.1. The molecular weight excluding hydrogens is 298 g/mol. The summed E-state index contributed by atoms with van der Waals surface area (Å²) in [4.78, 5) is 17.3. The molecule has 6 heteroatoms. The lowest BCUT2D eigenvalue weighted by atomic mass is 10.2. The predicted molar refractivity (Wildman–Crippen MR) is 89.8 cm³/mol. The molecule has 2 rings (SSSR count). The summed E-state index contributed by atoms with van der Waals surface area (Å²) in [5.74, 6) is 0.709. The van der Waals surface area contributed by atoms with Crippen molar-refractivity contribution >= 4 is 22.4 Å². The standard InChI is InChI=1S/C16H21N3O2S/c1-10(2)18-16-19-11(3)14(22-16)15(20)17-9-12-5-7-13(21-4)8-6-12/h5-8,10H,9H2,1-4H3,(H,17,20)(H,18,19). The number of hydrogen-bond acceptors (Lipinski definition) is 5. The highest BCUT2D eigenvalue weighted by Gasteiger charge is 2.15. The first kappa shape index (κ1) is 16.3. The van der Waals surface area contributed by atoms with Crippen molar-refractivity contribution in [2.24, 2.45) is 0 Å². The number of hydrogen-bond donors (Lipinski definition) is 2. The molecule has 0 spiro atoms. The van der Waals surface area contributed by atoms with E-state index in [0.29, 0.717) is 17.5 Å². The van der Waals surface area contributed by atoms with Gasteiger partial charge >= 0.3 is 0 Å². The van der Waals surface area contributed by atoms with Crippen LogP contribution in [0.15, 0.2) is 24.3 Å². The molecule has 1 heterocycles. The lowest BCUT2D eigenvalue weighted by Crippen LogP contribution is -2.22. The van der Waals surface area contributed by atoms with E-state index in [1.807, 2.05) is 45.0 Å². The molecule has 1 aromatic carbocycles. The number of nitrogens with zero attached hydrogens (tertiary/aromatic N) is 1. The highest BCUT2D eigenvalue weighted by molar-refractivity contribution is 7.17. The summed E-state index contributed by atoms with van der Waals surface area (Å²) >= 11 is 1.38. The summed E-state index contributed by atoms with van der Waals surface area (Å²) in [6.45, 7) is 6.41. The number of thiazole rings is 1. The Kier molecular flexibility index (Phi) is 5.38. The van der Waals surface area contributed by atoms with Crippen LogP contribution < -0.4 is 15.4 Å². The summed E-state index contributed by atoms with van der Waals surface area (Å²) in [6, 6.07) is 7.92. The largest absolute Gasteiger partial charge is 0.497 e. The number of nitrogens with one attached hydrogen (secondary N) is 2. The maximum absolute atomic E-state index is 12.3. The fourth-order valence-corrected chi connectivity index (χ4v) is 2.95. The van der Waals surface area contributed by atoms with Crippen LogP contribution in [0, 0.1) is 6.92 Å². The van der Waals surface area contributed by atoms with E-state index in [1.54, 1.807) is 7.11 Å². The molecule has 5 nitrogen and oxygen atoms in total. The molecule has 2 N–H and O–H groups in total. The van der Waals surface area contributed by atoms with E-state index < -0.39 is 0 Å². The molecule has 0 bridgehead atoms. The van der Waals surface area contributed by atoms with Gasteiger partial charge in [0.15, 0.2) is 5.13 Å². The molecule has 0 aliphatic carbocycles. The van der Waals surface area contributed by atoms with Gasteiger partial charge in [-0.1, -0.05) is 23.5 Å². The molecule has 22 heavy (non-hydrogen) atoms. The van der Waals surface area contributed by atoms with E-state index in [2.05, 4.69) is 15.6 Å². The molecule has 0 aliphatic rings. The Bertz CT molecular complexity index is 635. The van der Waals surface area contributed by atoms with Crippen LogP contribution in [0.3, 0.4) is 0 Å². The van der Waals surface area contributed by atoms with Crippen LogP contribution in [-0.2, 0) is 6.54 Å². The molecule has 0 unspecified atom stereocenters. The molecule has 0 saturated carbocycles. The van der Waals surface area contributed by atoms with Gasteiger partial charge in [-0.25, -0.2) is 4.98 Å². The summed E-state index contributed by atoms with van der Waals surface area (Å²) in [7, 11) is 1.63. The Hall–Kier alpha value is -2.08. The monoisotopic (exact) mass is 319 g/mol. The molecule has 0 atom stereocenters. The molecule has 1 aromatic heterocycles. The van der Waals surface area contributed by atoms with Gasteiger partial charge in [0.1, 0.15) is 10.6 Å². The van der Waals surface area contributed by atoms with E-state index >= 15 is 0 Å². The molecule has 2 aromatic rings. The second kappa shape index (κ2) is 7.26. The van der Waals surface area contributed by atoms with Gasteiger partial charge in [0.05, 0.1) is 12.8 Å². The minimum absolute atomic E-state index is 0.0948. The van der Waals surface area contributed by atoms with Crippen LogP contribution in [0.5, 0.6) is 5.75 Å². The van der Waals surface area contributed by atoms with Crippen LogP contribution >= 0.6 is 11.3 Å². The van der Waals surface area contributed by atoms with Crippen molar-refractivity contribution in [3.8, 4) is 5.75 Å². The number of benzene rings is 1. The molecule has 0 saturated heterocycles. The van der Waals surface area contributed by atoms with Gasteiger partial charge in [-0.15, -0.1) is 0 Å². The van der Waals surface area contributed by atoms with Crippen molar-refractivity contribution in [1.82, 2.24) is 10.3 Å². The van der Waals surface area contributed by atoms with Crippen LogP contribution in [0.1, 0.15) is 34.8 Å². The highest BCUT2D eigenvalue weighted by atomic mass is 32.1. The van der Waals surface area contributed by atoms with E-state index in [4.69, 9.17) is 4.74 Å². The summed E-state index contributed by atoms with van der Waals surface area (Å²) in [5, 5.41) is 6.92. The van der Waals surface area contributed by atoms with Crippen molar-refractivity contribution in [3.63, 3.8) is 0 Å². The SMILES string of the molecule is COc1ccc(CNC(=O)c2sc(NC(C)C)nc2C)cc1. The van der Waals surface area contributed by atoms with Crippen molar-refractivity contribution < 1.29 is 9.53 Å². The second-order valence-corrected chi connectivity index (χ2v) is 6.26. The Morgan fingerprint density at radius 3 is 2.59 bits per heavy atom. The zero-order valence-electron chi connectivity index (χ0n) is 13.3. The normalized spacial score (nSPS) is 10.6. The van der Waals surface area contributed by atoms with Crippen LogP contribution in [0.4, 0.5) is 5.13 Å². The average Bonchev–Trinajstić information content (AvgIpc) is 2.85. The number of carbonyl (C=O) groups excluding carboxylic acids is 1. The maximum atomic E-state index is 12.3. The Morgan fingerprint density at radius 2 is 2.00 bits per heavy atom. The first-order chi connectivity index (χ1) is 10.5. The van der Waals surface area contributed by atoms with Gasteiger partial charge in [-0.3, -0.25) is 4.79 Å². The van der Waals surface area contributed by atoms with Gasteiger partial charge in [0.25, 0.3) is 5.91 Å². The highest BCUT2D eigenvalue weighted by Crippen LogP contribution is 2.23. The van der Waals surface area contributed by atoms with E-state index in [0.717, 1.165) is 22.1 Å². The number of amides is 1. The van der Waals surface area contributed by atoms with Gasteiger partial charge in [0, 0.05) is 12.6 Å². The first-order valence-electron chi connectivity index (χ1n) is 7.14. The fourth-order valence-electron chi connectivity index (χ4n) is 1.92. The minimum atomic E-state index is -0.0948. The minimum Gasteiger partial charge on any atom is -0.497 e. The third-order valence-electron chi connectivity index (χ3n) is 3.03. The second-order valence-electron chi connectivity index (χ2n) is 5.26. The van der Waals surface area contributed by atoms with E-state index in [-0.39, 0.29) is 5.91 Å². The summed E-state index contributed by atoms with van der Waals surface area (Å²) in [6.07, 6.45) is 0. The number of carbonyl (C=O) groups is 1. The number of anilines is 1. The predicted octanol–water partition coefficient (Wildman–Crippen LogP) is 3.21. The molecular formula is C16H21N3O2S. The number of aromatic nitrogens is 1. The molecule has 118 valence electrons. The molecule has 0 aliphatic heterocycles. The van der Waals surface area contributed by atoms with Crippen molar-refractivity contribution in [3.05, 3.63) is 40.4 Å². The number of ether oxygens (including phenoxy) is 1. The third kappa shape index (κ3) is 4.21. The van der Waals surface area contributed by atoms with Gasteiger partial charge in [-0.05, 0) is 38.5 Å². The van der Waals surface area contributed by atoms with Crippen molar-refractivity contribution in [2.45, 2.75) is 33.4 Å². The van der Waals surface area contributed by atoms with Crippen molar-refractivity contribution in [1.29, 1.82) is 0 Å². The molecule has 0 radical (unpaired) electrons. The fraction of sp³-hybridized carbons (Fsp3) is 0.375. The van der Waals surface area contributed by atoms with Gasteiger partial charge in [-0.2, -0.15) is 0 Å². The lowest BCUT2D eigenvalue weighted by molar-refractivity contribution is 0.0954. The lowest BCUT2D eigenvalue weighted by Gasteiger charge is -2.06. The average molecular weight is 319 g/mol. The smallest absolute Gasteiger partial charge is 0.263 e. The Morgan fingerprint density at radius 1 is 1.32 bits per heavy atom. The summed E-state index contributed by atoms with van der Waals surface area (Å²) < 4.78 is 5.11. The molecule has 0 fully saturated rings. The number of methoxy groups -OCH3 is 1. The van der Waals surface area contributed by atoms with Gasteiger partial charge in [0.2, 0.25) is 0 Å². The Labute approximate surface area is 134 Å². The van der Waals surface area contributed by atoms with Crippen molar-refractivity contribution in [2.75, 3.05) is 12.4 Å². The zero-order valence-corrected chi connectivity index (χ0v) is 14.1. The Balaban J connectivity index is 1.98.